The van der Waals surface area contributed by atoms with Crippen molar-refractivity contribution < 1.29 is 14.7 Å². The highest BCUT2D eigenvalue weighted by molar-refractivity contribution is 6.14. The van der Waals surface area contributed by atoms with E-state index in [-0.39, 0.29) is 17.2 Å². The number of ketones is 1. The van der Waals surface area contributed by atoms with Crippen molar-refractivity contribution in [1.29, 1.82) is 0 Å². The summed E-state index contributed by atoms with van der Waals surface area (Å²) in [5, 5.41) is 13.5. The van der Waals surface area contributed by atoms with Crippen molar-refractivity contribution in [2.75, 3.05) is 18.4 Å². The minimum atomic E-state index is -0.884. The van der Waals surface area contributed by atoms with Gasteiger partial charge >= 0.3 is 6.09 Å². The van der Waals surface area contributed by atoms with E-state index in [0.29, 0.717) is 24.3 Å². The number of fused-ring (bicyclic) bond motifs is 1. The van der Waals surface area contributed by atoms with Crippen LogP contribution in [0.2, 0.25) is 0 Å². The van der Waals surface area contributed by atoms with E-state index in [4.69, 9.17) is 0 Å². The molecule has 7 heteroatoms. The van der Waals surface area contributed by atoms with Crippen LogP contribution in [0, 0.1) is 5.41 Å². The number of amides is 1. The number of likely N-dealkylation sites (tertiary alicyclic amines) is 1. The zero-order valence-corrected chi connectivity index (χ0v) is 14.2. The van der Waals surface area contributed by atoms with E-state index in [1.54, 1.807) is 12.4 Å². The van der Waals surface area contributed by atoms with Gasteiger partial charge in [-0.3, -0.25) is 4.79 Å². The lowest BCUT2D eigenvalue weighted by Gasteiger charge is -2.32. The number of nitrogens with one attached hydrogen (secondary N) is 2. The summed E-state index contributed by atoms with van der Waals surface area (Å²) in [6.07, 6.45) is 6.15. The van der Waals surface area contributed by atoms with Gasteiger partial charge in [-0.25, -0.2) is 9.78 Å². The molecular weight excluding hydrogens is 320 g/mol. The quantitative estimate of drug-likeness (QED) is 0.742. The van der Waals surface area contributed by atoms with Crippen LogP contribution in [0.25, 0.3) is 11.0 Å². The molecule has 0 radical (unpaired) electrons. The molecule has 1 saturated heterocycles. The number of carbonyl (C=O) groups excluding carboxylic acids is 1. The van der Waals surface area contributed by atoms with E-state index < -0.39 is 6.09 Å². The Morgan fingerprint density at radius 3 is 2.96 bits per heavy atom. The first kappa shape index (κ1) is 15.9. The summed E-state index contributed by atoms with van der Waals surface area (Å²) in [6.45, 7) is 3.03. The number of H-pyrrole nitrogens is 1. The first-order valence-electron chi connectivity index (χ1n) is 8.73. The fourth-order valence-electron chi connectivity index (χ4n) is 3.58. The van der Waals surface area contributed by atoms with Crippen molar-refractivity contribution in [1.82, 2.24) is 14.9 Å². The van der Waals surface area contributed by atoms with Crippen molar-refractivity contribution in [3.8, 4) is 0 Å². The minimum absolute atomic E-state index is 0.0322. The Labute approximate surface area is 145 Å². The van der Waals surface area contributed by atoms with Crippen LogP contribution in [-0.2, 0) is 0 Å². The molecule has 0 aromatic carbocycles. The molecule has 25 heavy (non-hydrogen) atoms. The smallest absolute Gasteiger partial charge is 0.407 e. The molecule has 2 aromatic rings. The van der Waals surface area contributed by atoms with Crippen molar-refractivity contribution in [2.24, 2.45) is 5.41 Å². The predicted octanol–water partition coefficient (Wildman–Crippen LogP) is 3.10. The first-order chi connectivity index (χ1) is 12.0. The van der Waals surface area contributed by atoms with Crippen LogP contribution >= 0.6 is 0 Å². The van der Waals surface area contributed by atoms with Crippen LogP contribution in [0.4, 0.5) is 10.5 Å². The highest BCUT2D eigenvalue weighted by Crippen LogP contribution is 2.48. The van der Waals surface area contributed by atoms with Crippen molar-refractivity contribution in [3.63, 3.8) is 0 Å². The Morgan fingerprint density at radius 2 is 2.24 bits per heavy atom. The second-order valence-electron chi connectivity index (χ2n) is 7.39. The van der Waals surface area contributed by atoms with Crippen molar-refractivity contribution >= 4 is 28.6 Å². The largest absolute Gasteiger partial charge is 0.465 e. The minimum Gasteiger partial charge on any atom is -0.465 e. The molecule has 0 bridgehead atoms. The van der Waals surface area contributed by atoms with Gasteiger partial charge in [0.15, 0.2) is 5.78 Å². The average Bonchev–Trinajstić information content (AvgIpc) is 3.20. The Morgan fingerprint density at radius 1 is 1.44 bits per heavy atom. The van der Waals surface area contributed by atoms with E-state index in [1.807, 2.05) is 13.0 Å². The number of aromatic nitrogens is 2. The maximum Gasteiger partial charge on any atom is 0.407 e. The molecule has 2 fully saturated rings. The standard InChI is InChI=1S/C18H22N4O3/c1-18(5-6-18)15(23)12-9-20-16-14(12)13(4-7-19-16)21-11-3-2-8-22(10-11)17(24)25/h4,7,9,11H,2-3,5-6,8,10H2,1H3,(H,24,25)(H2,19,20,21)/t11-/m1/s1. The van der Waals surface area contributed by atoms with Gasteiger partial charge in [-0.1, -0.05) is 6.92 Å². The zero-order chi connectivity index (χ0) is 17.6. The molecule has 1 saturated carbocycles. The van der Waals surface area contributed by atoms with Crippen LogP contribution in [0.1, 0.15) is 43.0 Å². The summed E-state index contributed by atoms with van der Waals surface area (Å²) in [5.74, 6) is 0.158. The number of anilines is 1. The third kappa shape index (κ3) is 2.83. The lowest BCUT2D eigenvalue weighted by molar-refractivity contribution is 0.0914. The molecule has 1 atom stereocenters. The summed E-state index contributed by atoms with van der Waals surface area (Å²) in [4.78, 5) is 32.9. The van der Waals surface area contributed by atoms with Gasteiger partial charge in [-0.05, 0) is 31.7 Å². The fraction of sp³-hybridized carbons (Fsp3) is 0.500. The third-order valence-electron chi connectivity index (χ3n) is 5.42. The summed E-state index contributed by atoms with van der Waals surface area (Å²) in [6, 6.07) is 1.90. The Balaban J connectivity index is 1.64. The SMILES string of the molecule is CC1(C(=O)c2c[nH]c3nccc(N[C@@H]4CCCN(C(=O)O)C4)c23)CC1. The van der Waals surface area contributed by atoms with Crippen LogP contribution in [0.3, 0.4) is 0 Å². The number of piperidine rings is 1. The van der Waals surface area contributed by atoms with Gasteiger partial charge in [0.1, 0.15) is 5.65 Å². The van der Waals surface area contributed by atoms with Gasteiger partial charge in [-0.15, -0.1) is 0 Å². The summed E-state index contributed by atoms with van der Waals surface area (Å²) in [5.41, 5.74) is 1.96. The highest BCUT2D eigenvalue weighted by atomic mass is 16.4. The van der Waals surface area contributed by atoms with Gasteiger partial charge in [0, 0.05) is 48.2 Å². The Kier molecular flexibility index (Phi) is 3.67. The highest BCUT2D eigenvalue weighted by Gasteiger charge is 2.46. The molecule has 1 aliphatic heterocycles. The second kappa shape index (κ2) is 5.75. The number of aromatic amines is 1. The first-order valence-corrected chi connectivity index (χ1v) is 8.73. The average molecular weight is 342 g/mol. The molecular formula is C18H22N4O3. The van der Waals surface area contributed by atoms with Crippen LogP contribution in [0.5, 0.6) is 0 Å². The van der Waals surface area contributed by atoms with E-state index in [9.17, 15) is 14.7 Å². The number of pyridine rings is 1. The third-order valence-corrected chi connectivity index (χ3v) is 5.42. The molecule has 3 N–H and O–H groups in total. The summed E-state index contributed by atoms with van der Waals surface area (Å²) >= 11 is 0. The number of nitrogens with zero attached hydrogens (tertiary/aromatic N) is 2. The maximum absolute atomic E-state index is 12.8. The molecule has 2 aliphatic rings. The van der Waals surface area contributed by atoms with Crippen molar-refractivity contribution in [3.05, 3.63) is 24.0 Å². The Bertz CT molecular complexity index is 840. The lowest BCUT2D eigenvalue weighted by Crippen LogP contribution is -2.44. The molecule has 2 aromatic heterocycles. The number of carboxylic acid groups (broad SMARTS) is 1. The maximum atomic E-state index is 12.8. The molecule has 7 nitrogen and oxygen atoms in total. The monoisotopic (exact) mass is 342 g/mol. The van der Waals surface area contributed by atoms with E-state index >= 15 is 0 Å². The fourth-order valence-corrected chi connectivity index (χ4v) is 3.58. The number of hydrogen-bond acceptors (Lipinski definition) is 4. The predicted molar refractivity (Wildman–Crippen MR) is 94.0 cm³/mol. The van der Waals surface area contributed by atoms with Crippen molar-refractivity contribution in [2.45, 2.75) is 38.6 Å². The summed E-state index contributed by atoms with van der Waals surface area (Å²) in [7, 11) is 0. The molecule has 1 amide bonds. The number of hydrogen-bond donors (Lipinski definition) is 3. The summed E-state index contributed by atoms with van der Waals surface area (Å²) < 4.78 is 0. The van der Waals surface area contributed by atoms with Crippen LogP contribution < -0.4 is 5.32 Å². The van der Waals surface area contributed by atoms with Gasteiger partial charge < -0.3 is 20.3 Å². The van der Waals surface area contributed by atoms with Gasteiger partial charge in [-0.2, -0.15) is 0 Å². The van der Waals surface area contributed by atoms with Gasteiger partial charge in [0.05, 0.1) is 5.39 Å². The van der Waals surface area contributed by atoms with Crippen LogP contribution in [0.15, 0.2) is 18.5 Å². The topological polar surface area (TPSA) is 98.3 Å². The molecule has 0 spiro atoms. The molecule has 0 unspecified atom stereocenters. The molecule has 4 rings (SSSR count). The molecule has 1 aliphatic carbocycles. The number of rotatable bonds is 4. The van der Waals surface area contributed by atoms with Crippen LogP contribution in [-0.4, -0.2) is 51.0 Å². The second-order valence-corrected chi connectivity index (χ2v) is 7.39. The van der Waals surface area contributed by atoms with Gasteiger partial charge in [0.25, 0.3) is 0 Å². The Hall–Kier alpha value is -2.57. The van der Waals surface area contributed by atoms with Gasteiger partial charge in [0.2, 0.25) is 0 Å². The van der Waals surface area contributed by atoms with E-state index in [1.165, 1.54) is 4.90 Å². The number of carbonyl (C=O) groups is 2. The van der Waals surface area contributed by atoms with E-state index in [2.05, 4.69) is 15.3 Å². The zero-order valence-electron chi connectivity index (χ0n) is 14.2. The lowest BCUT2D eigenvalue weighted by atomic mass is 9.96. The molecule has 132 valence electrons. The van der Waals surface area contributed by atoms with E-state index in [0.717, 1.165) is 36.8 Å². The normalized spacial score (nSPS) is 22.0. The number of Topliss-reactive ketones (excluding diaryl/α,β-unsaturated/α-hetero) is 1. The molecule has 3 heterocycles.